The van der Waals surface area contributed by atoms with Crippen LogP contribution in [0.3, 0.4) is 0 Å². The molecule has 0 bridgehead atoms. The molecule has 1 heterocycles. The van der Waals surface area contributed by atoms with E-state index in [2.05, 4.69) is 17.1 Å². The molecule has 0 aliphatic carbocycles. The smallest absolute Gasteiger partial charge is 0.327 e. The summed E-state index contributed by atoms with van der Waals surface area (Å²) in [7, 11) is -4.23. The number of esters is 1. The monoisotopic (exact) mass is 559 g/mol. The highest BCUT2D eigenvalue weighted by Gasteiger charge is 2.30. The first kappa shape index (κ1) is 27.0. The quantitative estimate of drug-likeness (QED) is 0.243. The van der Waals surface area contributed by atoms with E-state index < -0.39 is 28.1 Å². The van der Waals surface area contributed by atoms with Gasteiger partial charge in [0, 0.05) is 16.6 Å². The second kappa shape index (κ2) is 10.7. The lowest BCUT2D eigenvalue weighted by Gasteiger charge is -2.26. The zero-order valence-corrected chi connectivity index (χ0v) is 23.0. The molecule has 0 spiro atoms. The average Bonchev–Trinajstić information content (AvgIpc) is 3.22. The van der Waals surface area contributed by atoms with Gasteiger partial charge in [-0.1, -0.05) is 53.5 Å². The molecule has 0 fully saturated rings. The molecule has 1 aromatic heterocycles. The minimum Gasteiger partial charge on any atom is -0.459 e. The van der Waals surface area contributed by atoms with Crippen LogP contribution in [0.4, 0.5) is 5.69 Å². The van der Waals surface area contributed by atoms with Crippen molar-refractivity contribution >= 4 is 55.9 Å². The Morgan fingerprint density at radius 2 is 1.68 bits per heavy atom. The molecular weight excluding hydrogens is 533 g/mol. The number of sulfonamides is 1. The summed E-state index contributed by atoms with van der Waals surface area (Å²) >= 11 is 12.2. The van der Waals surface area contributed by atoms with Crippen molar-refractivity contribution in [3.63, 3.8) is 0 Å². The number of aromatic nitrogens is 2. The summed E-state index contributed by atoms with van der Waals surface area (Å²) in [4.78, 5) is 17.1. The maximum atomic E-state index is 13.7. The first-order valence-corrected chi connectivity index (χ1v) is 13.8. The molecule has 0 aliphatic rings. The molecule has 0 aliphatic heterocycles. The van der Waals surface area contributed by atoms with Gasteiger partial charge in [0.05, 0.1) is 27.9 Å². The van der Waals surface area contributed by atoms with Crippen LogP contribution in [-0.4, -0.2) is 36.1 Å². The zero-order chi connectivity index (χ0) is 26.8. The van der Waals surface area contributed by atoms with E-state index in [1.807, 2.05) is 22.8 Å². The van der Waals surface area contributed by atoms with Gasteiger partial charge in [0.15, 0.2) is 0 Å². The molecule has 194 valence electrons. The van der Waals surface area contributed by atoms with Gasteiger partial charge in [-0.3, -0.25) is 9.10 Å². The van der Waals surface area contributed by atoms with E-state index in [0.29, 0.717) is 12.1 Å². The van der Waals surface area contributed by atoms with E-state index in [1.54, 1.807) is 45.3 Å². The normalized spacial score (nSPS) is 12.0. The van der Waals surface area contributed by atoms with E-state index in [4.69, 9.17) is 27.9 Å². The summed E-state index contributed by atoms with van der Waals surface area (Å²) in [6.07, 6.45) is 2.55. The number of fused-ring (bicyclic) bond motifs is 1. The van der Waals surface area contributed by atoms with Crippen LogP contribution >= 0.6 is 23.2 Å². The predicted octanol–water partition coefficient (Wildman–Crippen LogP) is 6.12. The topological polar surface area (TPSA) is 81.5 Å². The summed E-state index contributed by atoms with van der Waals surface area (Å²) in [6, 6.07) is 19.2. The summed E-state index contributed by atoms with van der Waals surface area (Å²) in [6.45, 7) is 5.32. The van der Waals surface area contributed by atoms with Crippen LogP contribution in [0.15, 0.2) is 78.0 Å². The number of anilines is 1. The van der Waals surface area contributed by atoms with Crippen LogP contribution in [-0.2, 0) is 32.5 Å². The van der Waals surface area contributed by atoms with Gasteiger partial charge in [-0.15, -0.1) is 0 Å². The fraction of sp³-hybridized carbons (Fsp3) is 0.259. The number of rotatable bonds is 8. The van der Waals surface area contributed by atoms with E-state index in [9.17, 15) is 13.2 Å². The molecule has 0 unspecified atom stereocenters. The standard InChI is InChI=1S/C27H27Cl2N3O4S/c1-27(2,3)36-26(33)17-32(37(34,35)23-14-20(28)13-21(29)15-23)22-9-10-25-24(16-22)30-18-31(25)12-11-19-7-5-4-6-8-19/h4-10,13-16,18H,11-12,17H2,1-3H3. The van der Waals surface area contributed by atoms with Crippen molar-refractivity contribution in [3.8, 4) is 0 Å². The summed E-state index contributed by atoms with van der Waals surface area (Å²) in [5.41, 5.74) is 2.13. The third-order valence-electron chi connectivity index (χ3n) is 5.49. The lowest BCUT2D eigenvalue weighted by molar-refractivity contribution is -0.152. The lowest BCUT2D eigenvalue weighted by Crippen LogP contribution is -2.39. The first-order chi connectivity index (χ1) is 17.4. The van der Waals surface area contributed by atoms with Gasteiger partial charge in [0.25, 0.3) is 10.0 Å². The number of nitrogens with zero attached hydrogens (tertiary/aromatic N) is 3. The SMILES string of the molecule is CC(C)(C)OC(=O)CN(c1ccc2c(c1)ncn2CCc1ccccc1)S(=O)(=O)c1cc(Cl)cc(Cl)c1. The predicted molar refractivity (Wildman–Crippen MR) is 147 cm³/mol. The van der Waals surface area contributed by atoms with Crippen molar-refractivity contribution in [2.24, 2.45) is 0 Å². The molecule has 0 amide bonds. The molecule has 4 rings (SSSR count). The Morgan fingerprint density at radius 3 is 2.32 bits per heavy atom. The maximum absolute atomic E-state index is 13.7. The van der Waals surface area contributed by atoms with Crippen LogP contribution in [0.2, 0.25) is 10.0 Å². The van der Waals surface area contributed by atoms with Gasteiger partial charge in [0.1, 0.15) is 12.1 Å². The Morgan fingerprint density at radius 1 is 1.00 bits per heavy atom. The first-order valence-electron chi connectivity index (χ1n) is 11.6. The zero-order valence-electron chi connectivity index (χ0n) is 20.7. The fourth-order valence-electron chi connectivity index (χ4n) is 3.89. The second-order valence-electron chi connectivity index (χ2n) is 9.55. The van der Waals surface area contributed by atoms with Crippen LogP contribution in [0.1, 0.15) is 26.3 Å². The van der Waals surface area contributed by atoms with Crippen molar-refractivity contribution in [2.75, 3.05) is 10.8 Å². The van der Waals surface area contributed by atoms with Crippen molar-refractivity contribution in [2.45, 2.75) is 44.2 Å². The molecule has 0 atom stereocenters. The number of imidazole rings is 1. The van der Waals surface area contributed by atoms with Gasteiger partial charge in [-0.05, 0) is 69.2 Å². The van der Waals surface area contributed by atoms with Crippen LogP contribution in [0.25, 0.3) is 11.0 Å². The molecule has 0 saturated heterocycles. The highest BCUT2D eigenvalue weighted by Crippen LogP contribution is 2.30. The van der Waals surface area contributed by atoms with Gasteiger partial charge in [-0.25, -0.2) is 13.4 Å². The number of hydrogen-bond acceptors (Lipinski definition) is 5. The highest BCUT2D eigenvalue weighted by atomic mass is 35.5. The Hall–Kier alpha value is -3.07. The summed E-state index contributed by atoms with van der Waals surface area (Å²) < 4.78 is 35.8. The molecule has 7 nitrogen and oxygen atoms in total. The van der Waals surface area contributed by atoms with Crippen molar-refractivity contribution in [1.82, 2.24) is 9.55 Å². The maximum Gasteiger partial charge on any atom is 0.327 e. The van der Waals surface area contributed by atoms with E-state index >= 15 is 0 Å². The number of hydrogen-bond donors (Lipinski definition) is 0. The summed E-state index contributed by atoms with van der Waals surface area (Å²) in [5, 5.41) is 0.326. The fourth-order valence-corrected chi connectivity index (χ4v) is 6.02. The van der Waals surface area contributed by atoms with Gasteiger partial charge >= 0.3 is 5.97 Å². The van der Waals surface area contributed by atoms with Gasteiger partial charge in [-0.2, -0.15) is 0 Å². The highest BCUT2D eigenvalue weighted by molar-refractivity contribution is 7.92. The number of carbonyl (C=O) groups is 1. The van der Waals surface area contributed by atoms with E-state index in [0.717, 1.165) is 16.2 Å². The average molecular weight is 561 g/mol. The lowest BCUT2D eigenvalue weighted by atomic mass is 10.1. The Balaban J connectivity index is 1.70. The molecular formula is C27H27Cl2N3O4S. The molecule has 3 aromatic carbocycles. The minimum atomic E-state index is -4.23. The van der Waals surface area contributed by atoms with Crippen molar-refractivity contribution < 1.29 is 17.9 Å². The third kappa shape index (κ3) is 6.63. The number of aryl methyl sites for hydroxylation is 2. The van der Waals surface area contributed by atoms with Crippen LogP contribution in [0.5, 0.6) is 0 Å². The third-order valence-corrected chi connectivity index (χ3v) is 7.68. The molecule has 10 heteroatoms. The number of carbonyl (C=O) groups excluding carboxylic acids is 1. The van der Waals surface area contributed by atoms with Crippen LogP contribution in [0, 0.1) is 0 Å². The van der Waals surface area contributed by atoms with Crippen molar-refractivity contribution in [1.29, 1.82) is 0 Å². The van der Waals surface area contributed by atoms with Gasteiger partial charge in [0.2, 0.25) is 0 Å². The summed E-state index contributed by atoms with van der Waals surface area (Å²) in [5.74, 6) is -0.697. The number of halogens is 2. The molecule has 0 N–H and O–H groups in total. The van der Waals surface area contributed by atoms with E-state index in [1.165, 1.54) is 23.8 Å². The molecule has 4 aromatic rings. The van der Waals surface area contributed by atoms with Crippen LogP contribution < -0.4 is 4.31 Å². The molecule has 37 heavy (non-hydrogen) atoms. The minimum absolute atomic E-state index is 0.137. The van der Waals surface area contributed by atoms with Gasteiger partial charge < -0.3 is 9.30 Å². The Labute approximate surface area is 226 Å². The van der Waals surface area contributed by atoms with Crippen molar-refractivity contribution in [3.05, 3.63) is 88.7 Å². The molecule has 0 saturated carbocycles. The molecule has 0 radical (unpaired) electrons. The largest absolute Gasteiger partial charge is 0.459 e. The second-order valence-corrected chi connectivity index (χ2v) is 12.3. The van der Waals surface area contributed by atoms with E-state index in [-0.39, 0.29) is 20.6 Å². The Kier molecular flexibility index (Phi) is 7.83. The number of ether oxygens (including phenoxy) is 1. The number of benzene rings is 3. The Bertz CT molecular complexity index is 1510.